The largest absolute Gasteiger partial charge is 0.478 e. The van der Waals surface area contributed by atoms with Crippen molar-refractivity contribution in [3.8, 4) is 0 Å². The summed E-state index contributed by atoms with van der Waals surface area (Å²) in [6.07, 6.45) is 2.22. The summed E-state index contributed by atoms with van der Waals surface area (Å²) in [4.78, 5) is 22.2. The molecule has 2 aromatic rings. The van der Waals surface area contributed by atoms with E-state index in [-0.39, 0.29) is 12.1 Å². The summed E-state index contributed by atoms with van der Waals surface area (Å²) >= 11 is 0. The van der Waals surface area contributed by atoms with Crippen LogP contribution in [0.1, 0.15) is 16.8 Å². The highest BCUT2D eigenvalue weighted by molar-refractivity contribution is 5.85. The first-order chi connectivity index (χ1) is 9.94. The zero-order valence-electron chi connectivity index (χ0n) is 11.3. The van der Waals surface area contributed by atoms with Gasteiger partial charge in [-0.05, 0) is 48.4 Å². The average molecular weight is 288 g/mol. The molecule has 0 unspecified atom stereocenters. The zero-order chi connectivity index (χ0) is 15.4. The van der Waals surface area contributed by atoms with Crippen molar-refractivity contribution in [1.29, 1.82) is 0 Å². The van der Waals surface area contributed by atoms with E-state index in [0.29, 0.717) is 16.8 Å². The molecule has 0 fully saturated rings. The Balaban J connectivity index is 2.34. The van der Waals surface area contributed by atoms with Gasteiger partial charge in [-0.3, -0.25) is 4.79 Å². The maximum Gasteiger partial charge on any atom is 0.328 e. The molecule has 6 heteroatoms. The van der Waals surface area contributed by atoms with Crippen LogP contribution in [0.15, 0.2) is 41.2 Å². The first-order valence-corrected chi connectivity index (χ1v) is 6.19. The van der Waals surface area contributed by atoms with Crippen LogP contribution in [0.5, 0.6) is 0 Å². The summed E-state index contributed by atoms with van der Waals surface area (Å²) in [5.74, 6) is -1.62. The molecule has 1 aromatic carbocycles. The Morgan fingerprint density at radius 1 is 1.38 bits per heavy atom. The minimum atomic E-state index is -1.11. The summed E-state index contributed by atoms with van der Waals surface area (Å²) < 4.78 is 14.8. The Morgan fingerprint density at radius 2 is 2.14 bits per heavy atom. The molecule has 0 atom stereocenters. The fourth-order valence-corrected chi connectivity index (χ4v) is 1.87. The number of halogens is 1. The number of hydrogen-bond donors (Lipinski definition) is 1. The van der Waals surface area contributed by atoms with Gasteiger partial charge in [0.15, 0.2) is 0 Å². The second-order valence-electron chi connectivity index (χ2n) is 4.53. The minimum Gasteiger partial charge on any atom is -0.478 e. The molecule has 1 N–H and O–H groups in total. The van der Waals surface area contributed by atoms with Crippen molar-refractivity contribution in [3.63, 3.8) is 0 Å². The third kappa shape index (κ3) is 4.10. The van der Waals surface area contributed by atoms with E-state index in [9.17, 15) is 14.0 Å². The summed E-state index contributed by atoms with van der Waals surface area (Å²) in [5, 5.41) is 12.7. The zero-order valence-corrected chi connectivity index (χ0v) is 11.3. The van der Waals surface area contributed by atoms with Crippen molar-refractivity contribution in [2.75, 3.05) is 0 Å². The van der Waals surface area contributed by atoms with Gasteiger partial charge in [0.1, 0.15) is 5.82 Å². The van der Waals surface area contributed by atoms with Gasteiger partial charge in [-0.2, -0.15) is 5.10 Å². The van der Waals surface area contributed by atoms with E-state index in [0.717, 1.165) is 6.08 Å². The van der Waals surface area contributed by atoms with Crippen LogP contribution < -0.4 is 5.56 Å². The van der Waals surface area contributed by atoms with Crippen LogP contribution in [0.2, 0.25) is 0 Å². The van der Waals surface area contributed by atoms with Gasteiger partial charge in [-0.15, -0.1) is 0 Å². The Bertz CT molecular complexity index is 766. The molecule has 0 amide bonds. The number of hydrogen-bond acceptors (Lipinski definition) is 3. The molecule has 21 heavy (non-hydrogen) atoms. The molecule has 0 aliphatic heterocycles. The maximum absolute atomic E-state index is 13.5. The van der Waals surface area contributed by atoms with E-state index < -0.39 is 11.8 Å². The van der Waals surface area contributed by atoms with Crippen LogP contribution in [0.4, 0.5) is 4.39 Å². The lowest BCUT2D eigenvalue weighted by molar-refractivity contribution is -0.131. The number of aliphatic carboxylic acids is 1. The van der Waals surface area contributed by atoms with Crippen LogP contribution >= 0.6 is 0 Å². The van der Waals surface area contributed by atoms with E-state index in [1.54, 1.807) is 19.1 Å². The standard InChI is InChI=1S/C15H13FN2O3/c1-10-2-4-14(19)18(17-10)9-12-6-11(3-5-15(20)21)7-13(16)8-12/h2-8H,9H2,1H3,(H,20,21). The number of carbonyl (C=O) groups is 1. The lowest BCUT2D eigenvalue weighted by atomic mass is 10.1. The van der Waals surface area contributed by atoms with Crippen LogP contribution in [-0.2, 0) is 11.3 Å². The van der Waals surface area contributed by atoms with Crippen LogP contribution in [0, 0.1) is 12.7 Å². The Morgan fingerprint density at radius 3 is 2.86 bits per heavy atom. The molecule has 108 valence electrons. The lowest BCUT2D eigenvalue weighted by Gasteiger charge is -2.06. The van der Waals surface area contributed by atoms with Gasteiger partial charge < -0.3 is 5.11 Å². The molecule has 0 aliphatic carbocycles. The van der Waals surface area contributed by atoms with Gasteiger partial charge in [-0.1, -0.05) is 0 Å². The van der Waals surface area contributed by atoms with Crippen molar-refractivity contribution in [2.24, 2.45) is 0 Å². The topological polar surface area (TPSA) is 72.2 Å². The van der Waals surface area contributed by atoms with E-state index in [1.807, 2.05) is 0 Å². The van der Waals surface area contributed by atoms with Crippen LogP contribution in [0.25, 0.3) is 6.08 Å². The van der Waals surface area contributed by atoms with Gasteiger partial charge >= 0.3 is 5.97 Å². The molecule has 1 aromatic heterocycles. The maximum atomic E-state index is 13.5. The molecule has 0 radical (unpaired) electrons. The third-order valence-corrected chi connectivity index (χ3v) is 2.73. The van der Waals surface area contributed by atoms with Crippen molar-refractivity contribution >= 4 is 12.0 Å². The van der Waals surface area contributed by atoms with Gasteiger partial charge in [0.05, 0.1) is 12.2 Å². The first-order valence-electron chi connectivity index (χ1n) is 6.19. The molecular formula is C15H13FN2O3. The molecule has 0 saturated carbocycles. The predicted octanol–water partition coefficient (Wildman–Crippen LogP) is 1.84. The van der Waals surface area contributed by atoms with E-state index in [1.165, 1.54) is 29.0 Å². The molecule has 0 aliphatic rings. The molecule has 0 spiro atoms. The second kappa shape index (κ2) is 6.13. The Labute approximate surface area is 120 Å². The number of carboxylic acid groups (broad SMARTS) is 1. The normalized spacial score (nSPS) is 11.0. The quantitative estimate of drug-likeness (QED) is 0.871. The lowest BCUT2D eigenvalue weighted by Crippen LogP contribution is -2.23. The van der Waals surface area contributed by atoms with Crippen molar-refractivity contribution in [1.82, 2.24) is 9.78 Å². The summed E-state index contributed by atoms with van der Waals surface area (Å²) in [6, 6.07) is 7.11. The van der Waals surface area contributed by atoms with Gasteiger partial charge in [-0.25, -0.2) is 13.9 Å². The third-order valence-electron chi connectivity index (χ3n) is 2.73. The average Bonchev–Trinajstić information content (AvgIpc) is 2.40. The number of benzene rings is 1. The van der Waals surface area contributed by atoms with Crippen molar-refractivity contribution in [3.05, 3.63) is 69.4 Å². The Kier molecular flexibility index (Phi) is 4.27. The molecule has 0 saturated heterocycles. The fourth-order valence-electron chi connectivity index (χ4n) is 1.87. The molecule has 1 heterocycles. The highest BCUT2D eigenvalue weighted by Crippen LogP contribution is 2.11. The summed E-state index contributed by atoms with van der Waals surface area (Å²) in [6.45, 7) is 1.87. The monoisotopic (exact) mass is 288 g/mol. The second-order valence-corrected chi connectivity index (χ2v) is 4.53. The van der Waals surface area contributed by atoms with Gasteiger partial charge in [0.25, 0.3) is 5.56 Å². The van der Waals surface area contributed by atoms with Crippen LogP contribution in [-0.4, -0.2) is 20.9 Å². The highest BCUT2D eigenvalue weighted by Gasteiger charge is 2.03. The van der Waals surface area contributed by atoms with Crippen molar-refractivity contribution < 1.29 is 14.3 Å². The van der Waals surface area contributed by atoms with Crippen LogP contribution in [0.3, 0.4) is 0 Å². The molecule has 2 rings (SSSR count). The van der Waals surface area contributed by atoms with Gasteiger partial charge in [0.2, 0.25) is 0 Å². The smallest absolute Gasteiger partial charge is 0.328 e. The number of rotatable bonds is 4. The van der Waals surface area contributed by atoms with Gasteiger partial charge in [0, 0.05) is 12.1 Å². The Hall–Kier alpha value is -2.76. The summed E-state index contributed by atoms with van der Waals surface area (Å²) in [7, 11) is 0. The van der Waals surface area contributed by atoms with E-state index in [2.05, 4.69) is 5.10 Å². The van der Waals surface area contributed by atoms with E-state index >= 15 is 0 Å². The van der Waals surface area contributed by atoms with Crippen molar-refractivity contribution in [2.45, 2.75) is 13.5 Å². The highest BCUT2D eigenvalue weighted by atomic mass is 19.1. The number of aryl methyl sites for hydroxylation is 1. The number of nitrogens with zero attached hydrogens (tertiary/aromatic N) is 2. The fraction of sp³-hybridized carbons (Fsp3) is 0.133. The first kappa shape index (κ1) is 14.6. The molecular weight excluding hydrogens is 275 g/mol. The predicted molar refractivity (Wildman–Crippen MR) is 75.4 cm³/mol. The minimum absolute atomic E-state index is 0.117. The number of carboxylic acids is 1. The molecule has 5 nitrogen and oxygen atoms in total. The summed E-state index contributed by atoms with van der Waals surface area (Å²) in [5.41, 5.74) is 1.33. The number of aromatic nitrogens is 2. The molecule has 0 bridgehead atoms. The van der Waals surface area contributed by atoms with E-state index in [4.69, 9.17) is 5.11 Å². The SMILES string of the molecule is Cc1ccc(=O)n(Cc2cc(F)cc(C=CC(=O)O)c2)n1.